The van der Waals surface area contributed by atoms with Gasteiger partial charge in [0, 0.05) is 30.4 Å². The fourth-order valence-electron chi connectivity index (χ4n) is 3.22. The molecule has 3 aromatic heterocycles. The van der Waals surface area contributed by atoms with Gasteiger partial charge >= 0.3 is 0 Å². The number of furan rings is 1. The van der Waals surface area contributed by atoms with Crippen LogP contribution in [0.15, 0.2) is 35.3 Å². The maximum Gasteiger partial charge on any atom is 0.272 e. The molecule has 1 saturated carbocycles. The molecule has 0 saturated heterocycles. The van der Waals surface area contributed by atoms with Gasteiger partial charge in [0.15, 0.2) is 11.3 Å². The lowest BCUT2D eigenvalue weighted by atomic mass is 10.1. The Balaban J connectivity index is 1.73. The lowest BCUT2D eigenvalue weighted by Gasteiger charge is -2.10. The number of aromatic nitrogens is 3. The summed E-state index contributed by atoms with van der Waals surface area (Å²) in [6, 6.07) is 4.09. The lowest BCUT2D eigenvalue weighted by Crippen LogP contribution is -2.33. The van der Waals surface area contributed by atoms with Crippen molar-refractivity contribution in [3.63, 3.8) is 0 Å². The Morgan fingerprint density at radius 3 is 2.91 bits per heavy atom. The molecular weight excluding hydrogens is 292 g/mol. The summed E-state index contributed by atoms with van der Waals surface area (Å²) in [7, 11) is 1.80. The summed E-state index contributed by atoms with van der Waals surface area (Å²) in [5, 5.41) is 8.23. The smallest absolute Gasteiger partial charge is 0.272 e. The standard InChI is InChI=1S/C17H18N4O2/c1-21-16-14(8-12(9-18-16)11-6-7-23-10-11)15(20-21)17(22)19-13-4-2-3-5-13/h6-10,13H,2-5H2,1H3,(H,19,22). The highest BCUT2D eigenvalue weighted by Gasteiger charge is 2.22. The number of nitrogens with one attached hydrogen (secondary N) is 1. The van der Waals surface area contributed by atoms with Crippen LogP contribution in [0.3, 0.4) is 0 Å². The van der Waals surface area contributed by atoms with E-state index in [9.17, 15) is 4.79 Å². The molecule has 1 amide bonds. The number of pyridine rings is 1. The number of carbonyl (C=O) groups is 1. The fourth-order valence-corrected chi connectivity index (χ4v) is 3.22. The topological polar surface area (TPSA) is 73.0 Å². The van der Waals surface area contributed by atoms with Crippen LogP contribution in [0.25, 0.3) is 22.2 Å². The van der Waals surface area contributed by atoms with Crippen LogP contribution in [0.1, 0.15) is 36.2 Å². The Kier molecular flexibility index (Phi) is 3.37. The summed E-state index contributed by atoms with van der Waals surface area (Å²) in [6.45, 7) is 0. The zero-order valence-electron chi connectivity index (χ0n) is 13.0. The van der Waals surface area contributed by atoms with E-state index in [1.807, 2.05) is 12.1 Å². The van der Waals surface area contributed by atoms with Gasteiger partial charge in [0.25, 0.3) is 5.91 Å². The largest absolute Gasteiger partial charge is 0.472 e. The average Bonchev–Trinajstić information content (AvgIpc) is 3.28. The molecule has 0 radical (unpaired) electrons. The first-order chi connectivity index (χ1) is 11.2. The molecule has 118 valence electrons. The molecule has 6 heteroatoms. The zero-order valence-corrected chi connectivity index (χ0v) is 13.0. The lowest BCUT2D eigenvalue weighted by molar-refractivity contribution is 0.0933. The van der Waals surface area contributed by atoms with Gasteiger partial charge in [-0.15, -0.1) is 0 Å². The minimum absolute atomic E-state index is 0.117. The van der Waals surface area contributed by atoms with E-state index < -0.39 is 0 Å². The van der Waals surface area contributed by atoms with Crippen LogP contribution in [-0.4, -0.2) is 26.7 Å². The van der Waals surface area contributed by atoms with Crippen LogP contribution in [0, 0.1) is 0 Å². The van der Waals surface area contributed by atoms with Gasteiger partial charge in [0.2, 0.25) is 0 Å². The van der Waals surface area contributed by atoms with Crippen molar-refractivity contribution in [2.24, 2.45) is 7.05 Å². The van der Waals surface area contributed by atoms with E-state index in [2.05, 4.69) is 15.4 Å². The maximum atomic E-state index is 12.6. The molecule has 6 nitrogen and oxygen atoms in total. The van der Waals surface area contributed by atoms with Crippen molar-refractivity contribution in [2.45, 2.75) is 31.7 Å². The third kappa shape index (κ3) is 2.50. The Morgan fingerprint density at radius 1 is 1.35 bits per heavy atom. The number of rotatable bonds is 3. The molecule has 0 atom stereocenters. The van der Waals surface area contributed by atoms with Gasteiger partial charge in [-0.25, -0.2) is 9.67 Å². The van der Waals surface area contributed by atoms with Crippen LogP contribution >= 0.6 is 0 Å². The van der Waals surface area contributed by atoms with E-state index in [0.29, 0.717) is 11.3 Å². The minimum Gasteiger partial charge on any atom is -0.472 e. The van der Waals surface area contributed by atoms with Crippen molar-refractivity contribution in [1.29, 1.82) is 0 Å². The monoisotopic (exact) mass is 310 g/mol. The minimum atomic E-state index is -0.117. The molecule has 1 aliphatic carbocycles. The van der Waals surface area contributed by atoms with Gasteiger partial charge in [-0.3, -0.25) is 4.79 Å². The van der Waals surface area contributed by atoms with E-state index in [1.54, 1.807) is 30.5 Å². The van der Waals surface area contributed by atoms with Crippen molar-refractivity contribution >= 4 is 16.9 Å². The molecule has 1 fully saturated rings. The number of nitrogens with zero attached hydrogens (tertiary/aromatic N) is 3. The van der Waals surface area contributed by atoms with Crippen molar-refractivity contribution in [1.82, 2.24) is 20.1 Å². The Bertz CT molecular complexity index is 845. The summed E-state index contributed by atoms with van der Waals surface area (Å²) in [4.78, 5) is 17.0. The first kappa shape index (κ1) is 14.0. The van der Waals surface area contributed by atoms with Crippen molar-refractivity contribution in [2.75, 3.05) is 0 Å². The third-order valence-electron chi connectivity index (χ3n) is 4.44. The number of hydrogen-bond donors (Lipinski definition) is 1. The summed E-state index contributed by atoms with van der Waals surface area (Å²) in [6.07, 6.45) is 9.52. The number of fused-ring (bicyclic) bond motifs is 1. The van der Waals surface area contributed by atoms with Crippen LogP contribution in [0.4, 0.5) is 0 Å². The highest BCUT2D eigenvalue weighted by molar-refractivity contribution is 6.05. The first-order valence-electron chi connectivity index (χ1n) is 7.88. The van der Waals surface area contributed by atoms with Crippen molar-refractivity contribution < 1.29 is 9.21 Å². The summed E-state index contributed by atoms with van der Waals surface area (Å²) < 4.78 is 6.78. The van der Waals surface area contributed by atoms with E-state index in [0.717, 1.165) is 29.4 Å². The number of carbonyl (C=O) groups excluding carboxylic acids is 1. The SMILES string of the molecule is Cn1nc(C(=O)NC2CCCC2)c2cc(-c3ccoc3)cnc21. The van der Waals surface area contributed by atoms with Gasteiger partial charge in [-0.2, -0.15) is 5.10 Å². The Morgan fingerprint density at radius 2 is 2.17 bits per heavy atom. The predicted molar refractivity (Wildman–Crippen MR) is 85.9 cm³/mol. The maximum absolute atomic E-state index is 12.6. The van der Waals surface area contributed by atoms with Crippen LogP contribution in [-0.2, 0) is 7.05 Å². The summed E-state index contributed by atoms with van der Waals surface area (Å²) in [5.74, 6) is -0.117. The first-order valence-corrected chi connectivity index (χ1v) is 7.88. The molecule has 0 unspecified atom stereocenters. The average molecular weight is 310 g/mol. The predicted octanol–water partition coefficient (Wildman–Crippen LogP) is 2.90. The van der Waals surface area contributed by atoms with Crippen LogP contribution < -0.4 is 5.32 Å². The number of aryl methyl sites for hydroxylation is 1. The van der Waals surface area contributed by atoms with Gasteiger partial charge in [0.1, 0.15) is 0 Å². The van der Waals surface area contributed by atoms with Gasteiger partial charge in [-0.05, 0) is 25.0 Å². The van der Waals surface area contributed by atoms with E-state index >= 15 is 0 Å². The van der Waals surface area contributed by atoms with Crippen LogP contribution in [0.5, 0.6) is 0 Å². The third-order valence-corrected chi connectivity index (χ3v) is 4.44. The van der Waals surface area contributed by atoms with E-state index in [4.69, 9.17) is 4.42 Å². The quantitative estimate of drug-likeness (QED) is 0.807. The molecule has 0 aliphatic heterocycles. The molecule has 0 aromatic carbocycles. The molecule has 23 heavy (non-hydrogen) atoms. The highest BCUT2D eigenvalue weighted by atomic mass is 16.3. The van der Waals surface area contributed by atoms with E-state index in [1.165, 1.54) is 12.8 Å². The molecule has 3 heterocycles. The molecule has 0 spiro atoms. The second-order valence-electron chi connectivity index (χ2n) is 6.03. The fraction of sp³-hybridized carbons (Fsp3) is 0.353. The second-order valence-corrected chi connectivity index (χ2v) is 6.03. The second kappa shape index (κ2) is 5.53. The summed E-state index contributed by atoms with van der Waals surface area (Å²) >= 11 is 0. The molecular formula is C17H18N4O2. The Labute approximate surface area is 133 Å². The summed E-state index contributed by atoms with van der Waals surface area (Å²) in [5.41, 5.74) is 2.99. The Hall–Kier alpha value is -2.63. The van der Waals surface area contributed by atoms with Gasteiger partial charge in [-0.1, -0.05) is 12.8 Å². The highest BCUT2D eigenvalue weighted by Crippen LogP contribution is 2.25. The molecule has 1 aliphatic rings. The zero-order chi connectivity index (χ0) is 15.8. The number of amides is 1. The van der Waals surface area contributed by atoms with Crippen molar-refractivity contribution in [3.8, 4) is 11.1 Å². The van der Waals surface area contributed by atoms with Crippen LogP contribution in [0.2, 0.25) is 0 Å². The molecule has 1 N–H and O–H groups in total. The number of hydrogen-bond acceptors (Lipinski definition) is 4. The van der Waals surface area contributed by atoms with Gasteiger partial charge < -0.3 is 9.73 Å². The molecule has 3 aromatic rings. The van der Waals surface area contributed by atoms with Crippen molar-refractivity contribution in [3.05, 3.63) is 36.5 Å². The normalized spacial score (nSPS) is 15.3. The van der Waals surface area contributed by atoms with Gasteiger partial charge in [0.05, 0.1) is 17.9 Å². The molecule has 4 rings (SSSR count). The molecule has 0 bridgehead atoms. The van der Waals surface area contributed by atoms with E-state index in [-0.39, 0.29) is 11.9 Å².